The highest BCUT2D eigenvalue weighted by Gasteiger charge is 2.19. The van der Waals surface area contributed by atoms with E-state index in [4.69, 9.17) is 10.5 Å². The highest BCUT2D eigenvalue weighted by atomic mass is 16.5. The Morgan fingerprint density at radius 1 is 1.30 bits per heavy atom. The lowest BCUT2D eigenvalue weighted by atomic mass is 10.4. The van der Waals surface area contributed by atoms with E-state index in [1.54, 1.807) is 11.7 Å². The lowest BCUT2D eigenvalue weighted by Gasteiger charge is -2.08. The zero-order chi connectivity index (χ0) is 14.9. The van der Waals surface area contributed by atoms with Crippen molar-refractivity contribution in [2.45, 2.75) is 26.6 Å². The predicted octanol–water partition coefficient (Wildman–Crippen LogP) is -0.978. The van der Waals surface area contributed by atoms with E-state index in [9.17, 15) is 9.59 Å². The molecule has 8 nitrogen and oxygen atoms in total. The van der Waals surface area contributed by atoms with Gasteiger partial charge in [0, 0.05) is 33.8 Å². The lowest BCUT2D eigenvalue weighted by Crippen LogP contribution is -2.38. The molecule has 2 rings (SSSR count). The minimum atomic E-state index is -0.369. The van der Waals surface area contributed by atoms with Gasteiger partial charge in [-0.25, -0.2) is 9.78 Å². The molecule has 110 valence electrons. The van der Waals surface area contributed by atoms with Crippen molar-refractivity contribution < 1.29 is 4.74 Å². The van der Waals surface area contributed by atoms with Crippen molar-refractivity contribution >= 4 is 11.2 Å². The number of hydrogen-bond acceptors (Lipinski definition) is 5. The van der Waals surface area contributed by atoms with Crippen molar-refractivity contribution in [1.82, 2.24) is 18.7 Å². The van der Waals surface area contributed by atoms with Crippen LogP contribution in [0.25, 0.3) is 11.2 Å². The van der Waals surface area contributed by atoms with E-state index in [0.29, 0.717) is 36.6 Å². The molecule has 0 fully saturated rings. The Bertz CT molecular complexity index is 740. The fourth-order valence-corrected chi connectivity index (χ4v) is 2.30. The third-order valence-corrected chi connectivity index (χ3v) is 3.25. The molecule has 20 heavy (non-hydrogen) atoms. The SMILES string of the molecule is CCn1c(=O)n(C)c(=O)c2c1nc(COC)n2CCN. The molecule has 0 radical (unpaired) electrons. The zero-order valence-corrected chi connectivity index (χ0v) is 11.9. The van der Waals surface area contributed by atoms with E-state index in [-0.39, 0.29) is 17.9 Å². The molecule has 8 heteroatoms. The van der Waals surface area contributed by atoms with Gasteiger partial charge in [0.15, 0.2) is 11.2 Å². The largest absolute Gasteiger partial charge is 0.377 e. The molecule has 0 saturated heterocycles. The van der Waals surface area contributed by atoms with Crippen molar-refractivity contribution in [3.8, 4) is 0 Å². The highest BCUT2D eigenvalue weighted by molar-refractivity contribution is 5.71. The predicted molar refractivity (Wildman–Crippen MR) is 74.7 cm³/mol. The Kier molecular flexibility index (Phi) is 4.05. The van der Waals surface area contributed by atoms with Crippen LogP contribution in [0.5, 0.6) is 0 Å². The summed E-state index contributed by atoms with van der Waals surface area (Å²) in [6.45, 7) is 3.36. The van der Waals surface area contributed by atoms with Crippen LogP contribution in [0.4, 0.5) is 0 Å². The molecule has 0 aliphatic carbocycles. The second kappa shape index (κ2) is 5.59. The molecule has 2 aromatic rings. The van der Waals surface area contributed by atoms with Gasteiger partial charge >= 0.3 is 5.69 Å². The Morgan fingerprint density at radius 3 is 2.55 bits per heavy atom. The van der Waals surface area contributed by atoms with Gasteiger partial charge in [-0.1, -0.05) is 0 Å². The molecule has 0 aliphatic rings. The van der Waals surface area contributed by atoms with E-state index < -0.39 is 0 Å². The van der Waals surface area contributed by atoms with E-state index in [1.807, 2.05) is 6.92 Å². The fourth-order valence-electron chi connectivity index (χ4n) is 2.30. The van der Waals surface area contributed by atoms with Gasteiger partial charge in [0.1, 0.15) is 12.4 Å². The van der Waals surface area contributed by atoms with Crippen molar-refractivity contribution in [3.63, 3.8) is 0 Å². The van der Waals surface area contributed by atoms with Gasteiger partial charge in [0.05, 0.1) is 0 Å². The second-order valence-corrected chi connectivity index (χ2v) is 4.46. The Balaban J connectivity index is 2.93. The number of aromatic nitrogens is 4. The van der Waals surface area contributed by atoms with E-state index >= 15 is 0 Å². The number of fused-ring (bicyclic) bond motifs is 1. The summed E-state index contributed by atoms with van der Waals surface area (Å²) in [5, 5.41) is 0. The maximum Gasteiger partial charge on any atom is 0.332 e. The first-order valence-electron chi connectivity index (χ1n) is 6.44. The average Bonchev–Trinajstić information content (AvgIpc) is 2.77. The molecule has 2 N–H and O–H groups in total. The lowest BCUT2D eigenvalue weighted by molar-refractivity contribution is 0.174. The van der Waals surface area contributed by atoms with E-state index in [1.165, 1.54) is 11.6 Å². The summed E-state index contributed by atoms with van der Waals surface area (Å²) >= 11 is 0. The Morgan fingerprint density at radius 2 is 2.00 bits per heavy atom. The first-order chi connectivity index (χ1) is 9.56. The number of aryl methyl sites for hydroxylation is 1. The molecule has 0 atom stereocenters. The maximum absolute atomic E-state index is 12.3. The first kappa shape index (κ1) is 14.5. The molecule has 0 amide bonds. The summed E-state index contributed by atoms with van der Waals surface area (Å²) in [6, 6.07) is 0. The van der Waals surface area contributed by atoms with Crippen LogP contribution in [0.1, 0.15) is 12.7 Å². The van der Waals surface area contributed by atoms with E-state index in [0.717, 1.165) is 4.57 Å². The van der Waals surface area contributed by atoms with Gasteiger partial charge in [0.25, 0.3) is 5.56 Å². The third-order valence-electron chi connectivity index (χ3n) is 3.25. The fraction of sp³-hybridized carbons (Fsp3) is 0.583. The smallest absolute Gasteiger partial charge is 0.332 e. The standard InChI is InChI=1S/C12H19N5O3/c1-4-16-10-9(11(18)15(2)12(16)19)17(6-5-13)8(14-10)7-20-3/h4-7,13H2,1-3H3. The van der Waals surface area contributed by atoms with Crippen molar-refractivity contribution in [1.29, 1.82) is 0 Å². The van der Waals surface area contributed by atoms with Gasteiger partial charge in [-0.05, 0) is 6.92 Å². The van der Waals surface area contributed by atoms with Gasteiger partial charge in [-0.15, -0.1) is 0 Å². The highest BCUT2D eigenvalue weighted by Crippen LogP contribution is 2.12. The third kappa shape index (κ3) is 2.06. The monoisotopic (exact) mass is 281 g/mol. The van der Waals surface area contributed by atoms with E-state index in [2.05, 4.69) is 4.98 Å². The molecule has 0 aliphatic heterocycles. The van der Waals surface area contributed by atoms with Crippen LogP contribution in [0.2, 0.25) is 0 Å². The summed E-state index contributed by atoms with van der Waals surface area (Å²) in [6.07, 6.45) is 0. The quantitative estimate of drug-likeness (QED) is 0.760. The molecule has 2 aromatic heterocycles. The van der Waals surface area contributed by atoms with Gasteiger partial charge in [-0.3, -0.25) is 13.9 Å². The van der Waals surface area contributed by atoms with Gasteiger partial charge < -0.3 is 15.0 Å². The molecule has 0 unspecified atom stereocenters. The minimum Gasteiger partial charge on any atom is -0.377 e. The molecular weight excluding hydrogens is 262 g/mol. The van der Waals surface area contributed by atoms with Crippen LogP contribution in [0.15, 0.2) is 9.59 Å². The normalized spacial score (nSPS) is 11.4. The maximum atomic E-state index is 12.3. The molecule has 0 aromatic carbocycles. The topological polar surface area (TPSA) is 97.1 Å². The summed E-state index contributed by atoms with van der Waals surface area (Å²) in [5.74, 6) is 0.595. The average molecular weight is 281 g/mol. The van der Waals surface area contributed by atoms with Crippen molar-refractivity contribution in [2.75, 3.05) is 13.7 Å². The van der Waals surface area contributed by atoms with Crippen LogP contribution < -0.4 is 17.0 Å². The van der Waals surface area contributed by atoms with Crippen LogP contribution in [0, 0.1) is 0 Å². The molecular formula is C12H19N5O3. The summed E-state index contributed by atoms with van der Waals surface area (Å²) in [5.41, 5.74) is 5.65. The van der Waals surface area contributed by atoms with Crippen LogP contribution in [-0.4, -0.2) is 32.3 Å². The summed E-state index contributed by atoms with van der Waals surface area (Å²) in [4.78, 5) is 28.8. The number of methoxy groups -OCH3 is 1. The van der Waals surface area contributed by atoms with Crippen LogP contribution >= 0.6 is 0 Å². The number of ether oxygens (including phenoxy) is 1. The Labute approximate surface area is 115 Å². The number of nitrogens with two attached hydrogens (primary N) is 1. The van der Waals surface area contributed by atoms with Gasteiger partial charge in [-0.2, -0.15) is 0 Å². The molecule has 2 heterocycles. The number of rotatable bonds is 5. The summed E-state index contributed by atoms with van der Waals surface area (Å²) in [7, 11) is 3.02. The zero-order valence-electron chi connectivity index (χ0n) is 11.9. The van der Waals surface area contributed by atoms with Gasteiger partial charge in [0.2, 0.25) is 0 Å². The minimum absolute atomic E-state index is 0.260. The van der Waals surface area contributed by atoms with Crippen molar-refractivity contribution in [3.05, 3.63) is 26.7 Å². The number of hydrogen-bond donors (Lipinski definition) is 1. The van der Waals surface area contributed by atoms with Crippen LogP contribution in [0.3, 0.4) is 0 Å². The summed E-state index contributed by atoms with van der Waals surface area (Å²) < 4.78 is 9.40. The van der Waals surface area contributed by atoms with Crippen molar-refractivity contribution in [2.24, 2.45) is 12.8 Å². The second-order valence-electron chi connectivity index (χ2n) is 4.46. The Hall–Kier alpha value is -1.93. The first-order valence-corrected chi connectivity index (χ1v) is 6.44. The number of imidazole rings is 1. The number of nitrogens with zero attached hydrogens (tertiary/aromatic N) is 4. The molecule has 0 spiro atoms. The molecule has 0 saturated carbocycles. The molecule has 0 bridgehead atoms. The van der Waals surface area contributed by atoms with Crippen LogP contribution in [-0.2, 0) is 31.5 Å².